The molecule has 0 aliphatic rings. The Balaban J connectivity index is 0.00000838. The van der Waals surface area contributed by atoms with Crippen LogP contribution >= 0.6 is 0 Å². The molecule has 11 rings (SSSR count). The molecule has 0 amide bonds. The zero-order valence-corrected chi connectivity index (χ0v) is 55.7. The van der Waals surface area contributed by atoms with Gasteiger partial charge in [-0.25, -0.2) is 4.98 Å². The Morgan fingerprint density at radius 2 is 1.06 bits per heavy atom. The van der Waals surface area contributed by atoms with Gasteiger partial charge in [-0.1, -0.05) is 225 Å². The Labute approximate surface area is 531 Å². The molecule has 0 saturated carbocycles. The minimum Gasteiger partial charge on any atom is -0.555 e. The van der Waals surface area contributed by atoms with Crippen LogP contribution in [0, 0.1) is 6.07 Å². The maximum absolute atomic E-state index is 12.9. The molecule has 11 aromatic rings. The van der Waals surface area contributed by atoms with Crippen molar-refractivity contribution in [3.63, 3.8) is 0 Å². The molecule has 0 spiro atoms. The fourth-order valence-electron chi connectivity index (χ4n) is 11.7. The van der Waals surface area contributed by atoms with Crippen LogP contribution in [-0.2, 0) is 42.7 Å². The standard InChI is InChI=1S/C78H81BN4O3.Pt/c1-47(2)59-41-51(49-26-19-17-20-27-49)42-60(48(3)4)71(59)83-66-31-25-30-58(70(66)81-74(83)62-44-56(77(11,12)13)45-63(72(62)85)78(14,15)16)52-38-53(40-55(39-52)76(8,9)10)73-80-64-36-35-57(79-86-69-33-24-23-32-68(69)84)46-67(64)82(73)65-37-34-54(75(5,6)7)43-61(65)50-28-21-18-22-29-50;/h17-37,39-48,84-85H,1-16H3;/q-1;. The number of phenols is 2. The van der Waals surface area contributed by atoms with Gasteiger partial charge in [-0.15, -0.1) is 29.3 Å². The maximum Gasteiger partial charge on any atom is 0.409 e. The molecule has 7 nitrogen and oxygen atoms in total. The van der Waals surface area contributed by atoms with E-state index in [-0.39, 0.29) is 66.1 Å². The van der Waals surface area contributed by atoms with Crippen molar-refractivity contribution in [2.24, 2.45) is 0 Å². The molecule has 1 radical (unpaired) electrons. The van der Waals surface area contributed by atoms with Crippen LogP contribution in [0.1, 0.15) is 156 Å². The van der Waals surface area contributed by atoms with Crippen LogP contribution in [0.2, 0.25) is 0 Å². The predicted octanol–water partition coefficient (Wildman–Crippen LogP) is 19.7. The van der Waals surface area contributed by atoms with Crippen molar-refractivity contribution in [3.05, 3.63) is 215 Å². The maximum atomic E-state index is 12.9. The van der Waals surface area contributed by atoms with Gasteiger partial charge in [0.1, 0.15) is 17.3 Å². The van der Waals surface area contributed by atoms with Gasteiger partial charge in [-0.05, 0) is 139 Å². The summed E-state index contributed by atoms with van der Waals surface area (Å²) in [7, 11) is 1.68. The van der Waals surface area contributed by atoms with E-state index in [1.807, 2.05) is 18.2 Å². The average molecular weight is 1330 g/mol. The number of benzene rings is 9. The van der Waals surface area contributed by atoms with E-state index in [9.17, 15) is 10.2 Å². The van der Waals surface area contributed by atoms with E-state index in [0.717, 1.165) is 89.2 Å². The first-order valence-corrected chi connectivity index (χ1v) is 30.4. The van der Waals surface area contributed by atoms with Crippen LogP contribution in [0.4, 0.5) is 0 Å². The van der Waals surface area contributed by atoms with E-state index in [1.54, 1.807) is 25.7 Å². The summed E-state index contributed by atoms with van der Waals surface area (Å²) >= 11 is 0. The number of aromatic nitrogens is 4. The van der Waals surface area contributed by atoms with E-state index in [0.29, 0.717) is 17.1 Å². The molecule has 2 N–H and O–H groups in total. The van der Waals surface area contributed by atoms with E-state index in [1.165, 1.54) is 27.8 Å². The molecule has 9 heteroatoms. The average Bonchev–Trinajstić information content (AvgIpc) is 1.66. The molecule has 0 bridgehead atoms. The monoisotopic (exact) mass is 1330 g/mol. The molecule has 2 heterocycles. The van der Waals surface area contributed by atoms with Crippen molar-refractivity contribution >= 4 is 35.0 Å². The third-order valence-corrected chi connectivity index (χ3v) is 16.8. The van der Waals surface area contributed by atoms with E-state index >= 15 is 0 Å². The molecule has 445 valence electrons. The molecule has 2 aromatic heterocycles. The van der Waals surface area contributed by atoms with Gasteiger partial charge in [0.15, 0.2) is 5.75 Å². The summed E-state index contributed by atoms with van der Waals surface area (Å²) in [5.41, 5.74) is 19.7. The largest absolute Gasteiger partial charge is 0.555 e. The Bertz CT molecular complexity index is 4330. The number of imidazole rings is 2. The quantitative estimate of drug-likeness (QED) is 0.0940. The zero-order chi connectivity index (χ0) is 61.4. The van der Waals surface area contributed by atoms with E-state index in [2.05, 4.69) is 266 Å². The normalized spacial score (nSPS) is 12.3. The van der Waals surface area contributed by atoms with Crippen molar-refractivity contribution in [1.29, 1.82) is 0 Å². The summed E-state index contributed by atoms with van der Waals surface area (Å²) in [5.74, 6) is 2.33. The second-order valence-electron chi connectivity index (χ2n) is 28.1. The molecule has 0 atom stereocenters. The second-order valence-corrected chi connectivity index (χ2v) is 28.1. The Hall–Kier alpha value is -7.93. The van der Waals surface area contributed by atoms with Crippen molar-refractivity contribution in [3.8, 4) is 84.8 Å². The molecular weight excluding hydrogens is 1250 g/mol. The molecule has 0 aliphatic heterocycles. The van der Waals surface area contributed by atoms with Gasteiger partial charge in [0.05, 0.1) is 39.1 Å². The van der Waals surface area contributed by atoms with Crippen LogP contribution in [0.25, 0.3) is 89.6 Å². The molecular formula is C78H81BN4O3Pt-. The number of phenolic OH excluding ortho intramolecular Hbond substituents is 2. The van der Waals surface area contributed by atoms with Gasteiger partial charge in [0.2, 0.25) is 0 Å². The number of hydrogen-bond donors (Lipinski definition) is 2. The van der Waals surface area contributed by atoms with Gasteiger partial charge in [0, 0.05) is 37.9 Å². The first-order chi connectivity index (χ1) is 40.6. The van der Waals surface area contributed by atoms with Crippen molar-refractivity contribution < 1.29 is 35.9 Å². The third kappa shape index (κ3) is 12.2. The van der Waals surface area contributed by atoms with E-state index < -0.39 is 0 Å². The minimum atomic E-state index is -0.378. The predicted molar refractivity (Wildman–Crippen MR) is 360 cm³/mol. The minimum absolute atomic E-state index is 0. The number of rotatable bonds is 12. The van der Waals surface area contributed by atoms with Crippen LogP contribution in [0.5, 0.6) is 17.2 Å². The third-order valence-electron chi connectivity index (χ3n) is 16.8. The first-order valence-electron chi connectivity index (χ1n) is 30.4. The SMILES string of the molecule is CC(C)c1cc(-c2ccccc2)cc(C(C)C)c1-n1c(-c2cc(C(C)(C)C)cc(C(C)(C)C)c2O)nc2c(-c3[c-]c(-c4nc5ccc([B]Oc6ccccc6O)cc5n4-c4ccc(C(C)(C)C)cc4-c4ccccc4)cc(C(C)(C)C)c3)cccc21.[Pt]. The molecule has 0 saturated heterocycles. The Morgan fingerprint density at radius 3 is 1.67 bits per heavy atom. The Kier molecular flexibility index (Phi) is 16.9. The molecule has 87 heavy (non-hydrogen) atoms. The number of nitrogens with zero attached hydrogens (tertiary/aromatic N) is 4. The van der Waals surface area contributed by atoms with Gasteiger partial charge in [-0.3, -0.25) is 9.55 Å². The molecule has 9 aromatic carbocycles. The van der Waals surface area contributed by atoms with E-state index in [4.69, 9.17) is 14.6 Å². The molecule has 0 aliphatic carbocycles. The van der Waals surface area contributed by atoms with Gasteiger partial charge in [-0.2, -0.15) is 0 Å². The first kappa shape index (κ1) is 62.1. The summed E-state index contributed by atoms with van der Waals surface area (Å²) in [6.07, 6.45) is 0. The number of fused-ring (bicyclic) bond motifs is 2. The van der Waals surface area contributed by atoms with Crippen LogP contribution in [0.3, 0.4) is 0 Å². The van der Waals surface area contributed by atoms with Crippen molar-refractivity contribution in [1.82, 2.24) is 19.1 Å². The Morgan fingerprint density at radius 1 is 0.471 bits per heavy atom. The smallest absolute Gasteiger partial charge is 0.409 e. The fourth-order valence-corrected chi connectivity index (χ4v) is 11.7. The summed E-state index contributed by atoms with van der Waals surface area (Å²) in [5, 5.41) is 23.6. The molecule has 0 unspecified atom stereocenters. The number of aromatic hydroxyl groups is 2. The molecule has 0 fully saturated rings. The summed E-state index contributed by atoms with van der Waals surface area (Å²) < 4.78 is 10.8. The summed E-state index contributed by atoms with van der Waals surface area (Å²) in [6.45, 7) is 35.9. The van der Waals surface area contributed by atoms with Gasteiger partial charge < -0.3 is 19.4 Å². The number of para-hydroxylation sites is 3. The van der Waals surface area contributed by atoms with Crippen LogP contribution in [0.15, 0.2) is 176 Å². The second kappa shape index (κ2) is 23.6. The fraction of sp³-hybridized carbons (Fsp3) is 0.282. The topological polar surface area (TPSA) is 85.3 Å². The van der Waals surface area contributed by atoms with Crippen molar-refractivity contribution in [2.75, 3.05) is 0 Å². The zero-order valence-electron chi connectivity index (χ0n) is 53.4. The summed E-state index contributed by atoms with van der Waals surface area (Å²) in [4.78, 5) is 11.5. The van der Waals surface area contributed by atoms with Crippen LogP contribution < -0.4 is 10.1 Å². The summed E-state index contributed by atoms with van der Waals surface area (Å²) in [6, 6.07) is 65.5. The van der Waals surface area contributed by atoms with Crippen LogP contribution in [-0.4, -0.2) is 36.8 Å². The van der Waals surface area contributed by atoms with Crippen molar-refractivity contribution in [2.45, 2.75) is 144 Å². The van der Waals surface area contributed by atoms with Gasteiger partial charge in [0.25, 0.3) is 0 Å². The van der Waals surface area contributed by atoms with Gasteiger partial charge >= 0.3 is 7.48 Å². The number of hydrogen-bond acceptors (Lipinski definition) is 5.